The van der Waals surface area contributed by atoms with Gasteiger partial charge in [-0.05, 0) is 73.4 Å². The molecule has 0 saturated heterocycles. The Morgan fingerprint density at radius 2 is 1.97 bits per heavy atom. The minimum atomic E-state index is -1.50. The van der Waals surface area contributed by atoms with Gasteiger partial charge in [0, 0.05) is 36.8 Å². The van der Waals surface area contributed by atoms with Crippen LogP contribution in [0.2, 0.25) is 0 Å². The van der Waals surface area contributed by atoms with Gasteiger partial charge in [0.1, 0.15) is 23.0 Å². The van der Waals surface area contributed by atoms with Crippen LogP contribution in [0.3, 0.4) is 0 Å². The lowest BCUT2D eigenvalue weighted by atomic mass is 9.75. The second kappa shape index (κ2) is 10.1. The summed E-state index contributed by atoms with van der Waals surface area (Å²) < 4.78 is 50.8. The monoisotopic (exact) mass is 525 g/mol. The Morgan fingerprint density at radius 1 is 1.18 bits per heavy atom. The topological polar surface area (TPSA) is 98.3 Å². The molecule has 1 aromatic carbocycles. The van der Waals surface area contributed by atoms with Crippen molar-refractivity contribution in [3.63, 3.8) is 0 Å². The maximum atomic E-state index is 15.4. The number of ketones is 1. The second-order valence-electron chi connectivity index (χ2n) is 10.8. The molecule has 1 fully saturated rings. The maximum absolute atomic E-state index is 15.4. The number of rotatable bonds is 5. The lowest BCUT2D eigenvalue weighted by Gasteiger charge is -2.32. The van der Waals surface area contributed by atoms with E-state index in [1.165, 1.54) is 13.0 Å². The number of benzene rings is 1. The first kappa shape index (κ1) is 26.3. The molecule has 0 radical (unpaired) electrons. The van der Waals surface area contributed by atoms with Crippen LogP contribution in [0, 0.1) is 23.4 Å². The number of carbonyl (C=O) groups excluding carboxylic acids is 1. The molecule has 0 bridgehead atoms. The first-order chi connectivity index (χ1) is 18.0. The normalized spacial score (nSPS) is 25.0. The zero-order chi connectivity index (χ0) is 27.2. The van der Waals surface area contributed by atoms with E-state index in [1.807, 2.05) is 6.07 Å². The molecule has 3 aromatic rings. The fourth-order valence-electron chi connectivity index (χ4n) is 5.78. The van der Waals surface area contributed by atoms with Crippen molar-refractivity contribution in [2.24, 2.45) is 11.7 Å². The fraction of sp³-hybridized carbons (Fsp3) is 0.414. The smallest absolute Gasteiger partial charge is 0.185 e. The van der Waals surface area contributed by atoms with Gasteiger partial charge in [-0.1, -0.05) is 6.92 Å². The summed E-state index contributed by atoms with van der Waals surface area (Å²) in [5, 5.41) is 10.5. The Bertz CT molecular complexity index is 1380. The quantitative estimate of drug-likeness (QED) is 0.444. The number of pyridine rings is 2. The number of ether oxygens (including phenoxy) is 1. The number of Topliss-reactive ketones (excluding diaryl/α,β-unsaturated/α-hetero) is 1. The Morgan fingerprint density at radius 3 is 2.74 bits per heavy atom. The van der Waals surface area contributed by atoms with E-state index in [1.54, 1.807) is 12.4 Å². The predicted octanol–water partition coefficient (Wildman–Crippen LogP) is 5.21. The molecule has 0 spiro atoms. The van der Waals surface area contributed by atoms with Crippen molar-refractivity contribution < 1.29 is 27.8 Å². The minimum Gasteiger partial charge on any atom is -0.490 e. The van der Waals surface area contributed by atoms with Crippen LogP contribution in [0.5, 0.6) is 5.75 Å². The van der Waals surface area contributed by atoms with Crippen molar-refractivity contribution in [2.45, 2.75) is 63.5 Å². The van der Waals surface area contributed by atoms with Crippen LogP contribution in [0.1, 0.15) is 72.6 Å². The zero-order valence-corrected chi connectivity index (χ0v) is 21.3. The molecule has 9 heteroatoms. The van der Waals surface area contributed by atoms with E-state index < -0.39 is 40.1 Å². The average molecular weight is 526 g/mol. The van der Waals surface area contributed by atoms with Crippen LogP contribution in [0.15, 0.2) is 36.7 Å². The highest BCUT2D eigenvalue weighted by atomic mass is 19.1. The van der Waals surface area contributed by atoms with Gasteiger partial charge in [-0.3, -0.25) is 9.78 Å². The number of hydrogen-bond acceptors (Lipinski definition) is 6. The minimum absolute atomic E-state index is 0.00848. The lowest BCUT2D eigenvalue weighted by molar-refractivity contribution is 0.0126. The molecule has 2 aliphatic rings. The molecule has 200 valence electrons. The molecular formula is C29H30F3N3O3. The first-order valence-corrected chi connectivity index (χ1v) is 12.8. The lowest BCUT2D eigenvalue weighted by Crippen LogP contribution is -2.31. The number of aromatic nitrogens is 2. The molecule has 3 N–H and O–H groups in total. The van der Waals surface area contributed by atoms with Crippen molar-refractivity contribution >= 4 is 5.78 Å². The van der Waals surface area contributed by atoms with Gasteiger partial charge in [0.05, 0.1) is 17.8 Å². The Kier molecular flexibility index (Phi) is 7.00. The van der Waals surface area contributed by atoms with Crippen LogP contribution < -0.4 is 10.5 Å². The standard InChI is InChI=1S/C29H30F3N3O3/c1-15-9-16(11-18(33)10-15)19-5-7-34-14-17(19)12-24(36)23-4-3-21(30)27(35-23)25-22(31)13-20-28(26(25)32)38-8-6-29(20,2)37/h3-5,7,13-16,18,37H,6,8-12,33H2,1-2H3/t15-,16+,18-,29-/m0/s1. The summed E-state index contributed by atoms with van der Waals surface area (Å²) in [5.74, 6) is -3.42. The number of nitrogens with zero attached hydrogens (tertiary/aromatic N) is 2. The number of aliphatic hydroxyl groups is 1. The van der Waals surface area contributed by atoms with Crippen LogP contribution >= 0.6 is 0 Å². The van der Waals surface area contributed by atoms with Crippen LogP contribution in [0.25, 0.3) is 11.3 Å². The second-order valence-corrected chi connectivity index (χ2v) is 10.8. The van der Waals surface area contributed by atoms with Gasteiger partial charge in [-0.15, -0.1) is 0 Å². The molecule has 1 saturated carbocycles. The average Bonchev–Trinajstić information content (AvgIpc) is 2.85. The van der Waals surface area contributed by atoms with Crippen molar-refractivity contribution in [3.05, 3.63) is 76.5 Å². The molecule has 3 heterocycles. The zero-order valence-electron chi connectivity index (χ0n) is 21.3. The third-order valence-electron chi connectivity index (χ3n) is 7.67. The highest BCUT2D eigenvalue weighted by molar-refractivity contribution is 5.96. The third kappa shape index (κ3) is 4.92. The molecule has 6 nitrogen and oxygen atoms in total. The van der Waals surface area contributed by atoms with Gasteiger partial charge in [-0.2, -0.15) is 0 Å². The molecule has 0 amide bonds. The van der Waals surface area contributed by atoms with Gasteiger partial charge in [0.15, 0.2) is 17.3 Å². The Labute approximate surface area is 219 Å². The van der Waals surface area contributed by atoms with E-state index in [0.29, 0.717) is 5.92 Å². The van der Waals surface area contributed by atoms with Gasteiger partial charge in [-0.25, -0.2) is 18.2 Å². The summed E-state index contributed by atoms with van der Waals surface area (Å²) in [6.45, 7) is 3.60. The van der Waals surface area contributed by atoms with E-state index in [-0.39, 0.29) is 48.4 Å². The van der Waals surface area contributed by atoms with Crippen molar-refractivity contribution in [3.8, 4) is 17.0 Å². The molecule has 1 aliphatic heterocycles. The van der Waals surface area contributed by atoms with Crippen molar-refractivity contribution in [2.75, 3.05) is 6.61 Å². The Hall–Kier alpha value is -3.30. The number of fused-ring (bicyclic) bond motifs is 1. The molecular weight excluding hydrogens is 495 g/mol. The van der Waals surface area contributed by atoms with Gasteiger partial charge in [0.2, 0.25) is 0 Å². The number of carbonyl (C=O) groups is 1. The molecule has 38 heavy (non-hydrogen) atoms. The van der Waals surface area contributed by atoms with Gasteiger partial charge < -0.3 is 15.6 Å². The summed E-state index contributed by atoms with van der Waals surface area (Å²) in [6.07, 6.45) is 6.12. The van der Waals surface area contributed by atoms with Crippen LogP contribution in [-0.4, -0.2) is 33.5 Å². The summed E-state index contributed by atoms with van der Waals surface area (Å²) in [6, 6.07) is 5.08. The predicted molar refractivity (Wildman–Crippen MR) is 135 cm³/mol. The number of hydrogen-bond donors (Lipinski definition) is 2. The number of halogens is 3. The summed E-state index contributed by atoms with van der Waals surface area (Å²) in [5.41, 5.74) is 4.89. The summed E-state index contributed by atoms with van der Waals surface area (Å²) in [7, 11) is 0. The summed E-state index contributed by atoms with van der Waals surface area (Å²) in [4.78, 5) is 21.5. The van der Waals surface area contributed by atoms with Crippen LogP contribution in [-0.2, 0) is 12.0 Å². The highest BCUT2D eigenvalue weighted by Gasteiger charge is 2.36. The molecule has 4 atom stereocenters. The van der Waals surface area contributed by atoms with E-state index in [4.69, 9.17) is 10.5 Å². The van der Waals surface area contributed by atoms with Crippen molar-refractivity contribution in [1.29, 1.82) is 0 Å². The van der Waals surface area contributed by atoms with Crippen LogP contribution in [0.4, 0.5) is 13.2 Å². The largest absolute Gasteiger partial charge is 0.490 e. The molecule has 1 aliphatic carbocycles. The fourth-order valence-corrected chi connectivity index (χ4v) is 5.78. The number of nitrogens with two attached hydrogens (primary N) is 1. The first-order valence-electron chi connectivity index (χ1n) is 12.8. The molecule has 5 rings (SSSR count). The third-order valence-corrected chi connectivity index (χ3v) is 7.67. The van der Waals surface area contributed by atoms with Gasteiger partial charge in [0.25, 0.3) is 0 Å². The van der Waals surface area contributed by atoms with E-state index in [9.17, 15) is 14.3 Å². The van der Waals surface area contributed by atoms with E-state index in [0.717, 1.165) is 42.5 Å². The molecule has 0 unspecified atom stereocenters. The highest BCUT2D eigenvalue weighted by Crippen LogP contribution is 2.43. The van der Waals surface area contributed by atoms with Gasteiger partial charge >= 0.3 is 0 Å². The SMILES string of the molecule is C[C@@H]1C[C@H](N)C[C@H](c2ccncc2CC(=O)c2ccc(F)c(-c3c(F)cc4c(c3F)OCC[C@]4(C)O)n2)C1. The Balaban J connectivity index is 1.48. The van der Waals surface area contributed by atoms with E-state index in [2.05, 4.69) is 16.9 Å². The summed E-state index contributed by atoms with van der Waals surface area (Å²) >= 11 is 0. The maximum Gasteiger partial charge on any atom is 0.185 e. The molecule has 2 aromatic heterocycles. The van der Waals surface area contributed by atoms with Crippen molar-refractivity contribution in [1.82, 2.24) is 9.97 Å². The van der Waals surface area contributed by atoms with E-state index >= 15 is 8.78 Å².